The molecule has 1 aromatic rings. The Kier molecular flexibility index (Phi) is 4.51. The van der Waals surface area contributed by atoms with Gasteiger partial charge in [0.15, 0.2) is 0 Å². The molecule has 8 heteroatoms. The molecule has 0 saturated heterocycles. The summed E-state index contributed by atoms with van der Waals surface area (Å²) in [5.74, 6) is 0.0262. The lowest BCUT2D eigenvalue weighted by atomic mass is 10.1. The third-order valence-electron chi connectivity index (χ3n) is 3.75. The molecule has 0 heterocycles. The zero-order valence-corrected chi connectivity index (χ0v) is 14.5. The molecule has 2 rings (SSSR count). The monoisotopic (exact) mass is 369 g/mol. The molecule has 0 radical (unpaired) electrons. The van der Waals surface area contributed by atoms with Crippen LogP contribution in [0.4, 0.5) is 0 Å². The van der Waals surface area contributed by atoms with E-state index >= 15 is 0 Å². The maximum absolute atomic E-state index is 12.1. The van der Waals surface area contributed by atoms with Gasteiger partial charge < -0.3 is 5.32 Å². The molecule has 1 saturated carbocycles. The van der Waals surface area contributed by atoms with Crippen LogP contribution in [-0.2, 0) is 9.05 Å². The van der Waals surface area contributed by atoms with Crippen molar-refractivity contribution in [1.29, 1.82) is 0 Å². The molecular weight excluding hydrogens is 357 g/mol. The van der Waals surface area contributed by atoms with Gasteiger partial charge in [0.1, 0.15) is 4.90 Å². The van der Waals surface area contributed by atoms with Crippen molar-refractivity contribution in [1.82, 2.24) is 5.32 Å². The molecular formula is C13H14Cl3NO3S. The maximum Gasteiger partial charge on any atom is 0.262 e. The van der Waals surface area contributed by atoms with Gasteiger partial charge in [0, 0.05) is 22.8 Å². The summed E-state index contributed by atoms with van der Waals surface area (Å²) in [4.78, 5) is 11.7. The van der Waals surface area contributed by atoms with Crippen molar-refractivity contribution in [2.45, 2.75) is 25.2 Å². The minimum Gasteiger partial charge on any atom is -0.352 e. The van der Waals surface area contributed by atoms with E-state index in [1.165, 1.54) is 6.07 Å². The number of halogens is 3. The van der Waals surface area contributed by atoms with Crippen LogP contribution in [0, 0.1) is 11.3 Å². The molecule has 0 aromatic heterocycles. The van der Waals surface area contributed by atoms with Crippen molar-refractivity contribution < 1.29 is 13.2 Å². The van der Waals surface area contributed by atoms with E-state index in [2.05, 4.69) is 19.2 Å². The average molecular weight is 371 g/mol. The Balaban J connectivity index is 2.20. The highest BCUT2D eigenvalue weighted by Crippen LogP contribution is 2.51. The molecule has 0 bridgehead atoms. The van der Waals surface area contributed by atoms with E-state index in [0.29, 0.717) is 12.5 Å². The highest BCUT2D eigenvalue weighted by molar-refractivity contribution is 8.13. The van der Waals surface area contributed by atoms with Gasteiger partial charge in [-0.15, -0.1) is 0 Å². The predicted molar refractivity (Wildman–Crippen MR) is 83.7 cm³/mol. The number of nitrogens with one attached hydrogen (secondary N) is 1. The Morgan fingerprint density at radius 2 is 1.95 bits per heavy atom. The number of carbonyl (C=O) groups is 1. The standard InChI is InChI=1S/C13H14Cl3NO3S/c1-13(2)5-8(13)6-17-12(18)7-3-9(14)11(15)10(4-7)21(16,19)20/h3-4,8H,5-6H2,1-2H3,(H,17,18). The van der Waals surface area contributed by atoms with E-state index in [-0.39, 0.29) is 25.9 Å². The first-order valence-corrected chi connectivity index (χ1v) is 9.31. The van der Waals surface area contributed by atoms with E-state index in [0.717, 1.165) is 12.5 Å². The lowest BCUT2D eigenvalue weighted by Crippen LogP contribution is -2.26. The Bertz CT molecular complexity index is 701. The Hall–Kier alpha value is -0.490. The molecule has 0 spiro atoms. The molecule has 1 unspecified atom stereocenters. The number of rotatable bonds is 4. The number of benzene rings is 1. The van der Waals surface area contributed by atoms with Gasteiger partial charge in [-0.25, -0.2) is 8.42 Å². The van der Waals surface area contributed by atoms with Crippen LogP contribution in [-0.4, -0.2) is 20.9 Å². The van der Waals surface area contributed by atoms with Crippen LogP contribution in [0.25, 0.3) is 0 Å². The average Bonchev–Trinajstić information content (AvgIpc) is 2.95. The summed E-state index contributed by atoms with van der Waals surface area (Å²) in [5, 5.41) is 2.54. The second kappa shape index (κ2) is 5.61. The van der Waals surface area contributed by atoms with Crippen LogP contribution in [0.5, 0.6) is 0 Å². The predicted octanol–water partition coefficient (Wildman–Crippen LogP) is 3.70. The summed E-state index contributed by atoms with van der Waals surface area (Å²) in [6, 6.07) is 2.45. The minimum absolute atomic E-state index is 0.0321. The SMILES string of the molecule is CC1(C)CC1CNC(=O)c1cc(Cl)c(Cl)c(S(=O)(=O)Cl)c1. The fraction of sp³-hybridized carbons (Fsp3) is 0.462. The topological polar surface area (TPSA) is 63.2 Å². The Morgan fingerprint density at radius 3 is 2.43 bits per heavy atom. The molecule has 1 amide bonds. The van der Waals surface area contributed by atoms with Crippen LogP contribution in [0.3, 0.4) is 0 Å². The van der Waals surface area contributed by atoms with Crippen molar-refractivity contribution in [2.75, 3.05) is 6.54 Å². The maximum atomic E-state index is 12.1. The summed E-state index contributed by atoms with van der Waals surface area (Å²) < 4.78 is 22.9. The number of hydrogen-bond donors (Lipinski definition) is 1. The molecule has 0 aliphatic heterocycles. The second-order valence-electron chi connectivity index (χ2n) is 5.81. The minimum atomic E-state index is -4.07. The Morgan fingerprint density at radius 1 is 1.38 bits per heavy atom. The normalized spacial score (nSPS) is 20.1. The van der Waals surface area contributed by atoms with Gasteiger partial charge in [0.05, 0.1) is 10.0 Å². The Labute approximate surface area is 138 Å². The highest BCUT2D eigenvalue weighted by atomic mass is 35.7. The first-order valence-electron chi connectivity index (χ1n) is 6.24. The zero-order chi connectivity index (χ0) is 16.0. The van der Waals surface area contributed by atoms with Crippen LogP contribution in [0.2, 0.25) is 10.0 Å². The largest absolute Gasteiger partial charge is 0.352 e. The van der Waals surface area contributed by atoms with Gasteiger partial charge in [-0.1, -0.05) is 37.0 Å². The summed E-state index contributed by atoms with van der Waals surface area (Å²) >= 11 is 11.7. The van der Waals surface area contributed by atoms with Gasteiger partial charge in [-0.2, -0.15) is 0 Å². The summed E-state index contributed by atoms with van der Waals surface area (Å²) in [6.07, 6.45) is 1.05. The quantitative estimate of drug-likeness (QED) is 0.822. The molecule has 116 valence electrons. The third-order valence-corrected chi connectivity index (χ3v) is 6.01. The first kappa shape index (κ1) is 16.9. The lowest BCUT2D eigenvalue weighted by Gasteiger charge is -2.09. The molecule has 1 aliphatic rings. The van der Waals surface area contributed by atoms with E-state index in [9.17, 15) is 13.2 Å². The molecule has 1 fully saturated rings. The van der Waals surface area contributed by atoms with Crippen molar-refractivity contribution in [3.05, 3.63) is 27.7 Å². The highest BCUT2D eigenvalue weighted by Gasteiger charge is 2.45. The molecule has 1 N–H and O–H groups in total. The number of amides is 1. The van der Waals surface area contributed by atoms with E-state index in [4.69, 9.17) is 33.9 Å². The van der Waals surface area contributed by atoms with Gasteiger partial charge in [-0.3, -0.25) is 4.79 Å². The molecule has 4 nitrogen and oxygen atoms in total. The lowest BCUT2D eigenvalue weighted by molar-refractivity contribution is 0.0950. The van der Waals surface area contributed by atoms with Crippen molar-refractivity contribution in [3.63, 3.8) is 0 Å². The van der Waals surface area contributed by atoms with Gasteiger partial charge in [0.2, 0.25) is 0 Å². The van der Waals surface area contributed by atoms with E-state index < -0.39 is 15.0 Å². The van der Waals surface area contributed by atoms with Gasteiger partial charge in [-0.05, 0) is 29.9 Å². The van der Waals surface area contributed by atoms with Crippen LogP contribution < -0.4 is 5.32 Å². The zero-order valence-electron chi connectivity index (χ0n) is 11.4. The third kappa shape index (κ3) is 3.83. The van der Waals surface area contributed by atoms with Crippen LogP contribution >= 0.6 is 33.9 Å². The van der Waals surface area contributed by atoms with Crippen LogP contribution in [0.15, 0.2) is 17.0 Å². The van der Waals surface area contributed by atoms with E-state index in [1.807, 2.05) is 0 Å². The fourth-order valence-electron chi connectivity index (χ4n) is 2.11. The summed E-state index contributed by atoms with van der Waals surface area (Å²) in [6.45, 7) is 4.79. The molecule has 1 atom stereocenters. The number of carbonyl (C=O) groups excluding carboxylic acids is 1. The summed E-state index contributed by atoms with van der Waals surface area (Å²) in [5.41, 5.74) is 0.359. The summed E-state index contributed by atoms with van der Waals surface area (Å²) in [7, 11) is 1.21. The van der Waals surface area contributed by atoms with Gasteiger partial charge >= 0.3 is 0 Å². The first-order chi connectivity index (χ1) is 9.52. The van der Waals surface area contributed by atoms with Crippen LogP contribution in [0.1, 0.15) is 30.6 Å². The molecule has 1 aliphatic carbocycles. The molecule has 1 aromatic carbocycles. The van der Waals surface area contributed by atoms with E-state index in [1.54, 1.807) is 0 Å². The fourth-order valence-corrected chi connectivity index (χ4v) is 3.88. The van der Waals surface area contributed by atoms with Crippen molar-refractivity contribution in [2.24, 2.45) is 11.3 Å². The van der Waals surface area contributed by atoms with Gasteiger partial charge in [0.25, 0.3) is 15.0 Å². The smallest absolute Gasteiger partial charge is 0.262 e. The van der Waals surface area contributed by atoms with Crippen molar-refractivity contribution >= 4 is 48.8 Å². The number of hydrogen-bond acceptors (Lipinski definition) is 3. The van der Waals surface area contributed by atoms with Crippen molar-refractivity contribution in [3.8, 4) is 0 Å². The molecule has 21 heavy (non-hydrogen) atoms. The second-order valence-corrected chi connectivity index (χ2v) is 9.13.